The Bertz CT molecular complexity index is 1010. The lowest BCUT2D eigenvalue weighted by Gasteiger charge is -2.24. The predicted octanol–water partition coefficient (Wildman–Crippen LogP) is -1.62. The molecule has 0 aliphatic heterocycles. The summed E-state index contributed by atoms with van der Waals surface area (Å²) >= 11 is 1.51. The monoisotopic (exact) mass is 567 g/mol. The molecule has 11 N–H and O–H groups in total. The second-order valence-corrected chi connectivity index (χ2v) is 9.63. The van der Waals surface area contributed by atoms with Crippen molar-refractivity contribution in [3.8, 4) is 0 Å². The molecule has 0 saturated carbocycles. The first-order chi connectivity index (χ1) is 18.4. The van der Waals surface area contributed by atoms with Gasteiger partial charge in [-0.3, -0.25) is 24.2 Å². The van der Waals surface area contributed by atoms with Crippen molar-refractivity contribution in [1.82, 2.24) is 16.0 Å². The van der Waals surface area contributed by atoms with Gasteiger partial charge in [-0.1, -0.05) is 30.3 Å². The van der Waals surface area contributed by atoms with E-state index in [0.717, 1.165) is 0 Å². The van der Waals surface area contributed by atoms with Gasteiger partial charge in [-0.25, -0.2) is 4.79 Å². The highest BCUT2D eigenvalue weighted by atomic mass is 32.2. The van der Waals surface area contributed by atoms with E-state index in [1.807, 2.05) is 6.26 Å². The number of benzene rings is 1. The summed E-state index contributed by atoms with van der Waals surface area (Å²) in [6.07, 6.45) is 1.62. The molecule has 216 valence electrons. The molecule has 0 spiro atoms. The number of carboxylic acids is 2. The molecule has 0 heterocycles. The zero-order chi connectivity index (χ0) is 29.4. The number of hydrogen-bond acceptors (Lipinski definition) is 8. The first-order valence-electron chi connectivity index (χ1n) is 12.1. The highest BCUT2D eigenvalue weighted by molar-refractivity contribution is 7.98. The standard InChI is InChI=1S/C24H37N7O7S/c1-39-11-9-15(25)20(34)30-17(12-14-6-3-2-4-7-14)21(35)31-18(13-19(32)33)22(36)29-16(23(37)38)8-5-10-28-24(26)27/h2-4,6-7,15-18H,5,8-13,25H2,1H3,(H,29,36)(H,30,34)(H,31,35)(H,32,33)(H,37,38)(H4,26,27,28). The maximum absolute atomic E-state index is 13.2. The van der Waals surface area contributed by atoms with Gasteiger partial charge in [-0.15, -0.1) is 0 Å². The van der Waals surface area contributed by atoms with E-state index < -0.39 is 60.2 Å². The first-order valence-corrected chi connectivity index (χ1v) is 13.5. The zero-order valence-corrected chi connectivity index (χ0v) is 22.5. The molecule has 1 aromatic carbocycles. The summed E-state index contributed by atoms with van der Waals surface area (Å²) in [6, 6.07) is 3.69. The quantitative estimate of drug-likeness (QED) is 0.0568. The van der Waals surface area contributed by atoms with Gasteiger partial charge in [-0.05, 0) is 36.8 Å². The van der Waals surface area contributed by atoms with Crippen molar-refractivity contribution in [2.75, 3.05) is 18.6 Å². The van der Waals surface area contributed by atoms with Gasteiger partial charge in [0.2, 0.25) is 17.7 Å². The Balaban J connectivity index is 3.05. The van der Waals surface area contributed by atoms with Crippen molar-refractivity contribution < 1.29 is 34.2 Å². The summed E-state index contributed by atoms with van der Waals surface area (Å²) in [5.74, 6) is -4.73. The molecule has 14 nitrogen and oxygen atoms in total. The summed E-state index contributed by atoms with van der Waals surface area (Å²) in [7, 11) is 0. The summed E-state index contributed by atoms with van der Waals surface area (Å²) in [4.78, 5) is 65.6. The van der Waals surface area contributed by atoms with E-state index in [1.165, 1.54) is 11.8 Å². The van der Waals surface area contributed by atoms with E-state index in [-0.39, 0.29) is 31.8 Å². The Hall–Kier alpha value is -3.85. The van der Waals surface area contributed by atoms with Crippen LogP contribution in [0.4, 0.5) is 0 Å². The molecule has 1 rings (SSSR count). The molecule has 15 heteroatoms. The number of nitrogens with two attached hydrogens (primary N) is 3. The Morgan fingerprint density at radius 3 is 2.05 bits per heavy atom. The average Bonchev–Trinajstić information content (AvgIpc) is 2.87. The third-order valence-corrected chi connectivity index (χ3v) is 6.10. The van der Waals surface area contributed by atoms with E-state index in [4.69, 9.17) is 17.2 Å². The van der Waals surface area contributed by atoms with Crippen LogP contribution in [-0.4, -0.2) is 88.6 Å². The largest absolute Gasteiger partial charge is 0.481 e. The SMILES string of the molecule is CSCCC(N)C(=O)NC(Cc1ccccc1)C(=O)NC(CC(=O)O)C(=O)NC(CCCN=C(N)N)C(=O)O. The molecule has 4 atom stereocenters. The van der Waals surface area contributed by atoms with Crippen LogP contribution in [0.15, 0.2) is 35.3 Å². The van der Waals surface area contributed by atoms with Crippen LogP contribution in [-0.2, 0) is 30.4 Å². The summed E-state index contributed by atoms with van der Waals surface area (Å²) in [5, 5.41) is 26.0. The third-order valence-electron chi connectivity index (χ3n) is 5.46. The number of aliphatic imine (C=N–C) groups is 1. The molecule has 0 radical (unpaired) electrons. The van der Waals surface area contributed by atoms with Crippen molar-refractivity contribution in [1.29, 1.82) is 0 Å². The van der Waals surface area contributed by atoms with Gasteiger partial charge in [0.15, 0.2) is 5.96 Å². The van der Waals surface area contributed by atoms with Crippen LogP contribution in [0.2, 0.25) is 0 Å². The van der Waals surface area contributed by atoms with Crippen LogP contribution in [0.25, 0.3) is 0 Å². The van der Waals surface area contributed by atoms with Gasteiger partial charge in [-0.2, -0.15) is 11.8 Å². The van der Waals surface area contributed by atoms with E-state index in [9.17, 15) is 34.2 Å². The van der Waals surface area contributed by atoms with Crippen LogP contribution >= 0.6 is 11.8 Å². The Morgan fingerprint density at radius 1 is 0.897 bits per heavy atom. The van der Waals surface area contributed by atoms with Crippen molar-refractivity contribution in [2.24, 2.45) is 22.2 Å². The summed E-state index contributed by atoms with van der Waals surface area (Å²) in [5.41, 5.74) is 17.1. The second-order valence-electron chi connectivity index (χ2n) is 8.65. The van der Waals surface area contributed by atoms with Crippen LogP contribution in [0.1, 0.15) is 31.2 Å². The molecule has 1 aromatic rings. The highest BCUT2D eigenvalue weighted by Crippen LogP contribution is 2.07. The van der Waals surface area contributed by atoms with Crippen molar-refractivity contribution in [3.05, 3.63) is 35.9 Å². The average molecular weight is 568 g/mol. The van der Waals surface area contributed by atoms with Crippen LogP contribution in [0.3, 0.4) is 0 Å². The number of nitrogens with one attached hydrogen (secondary N) is 3. The van der Waals surface area contributed by atoms with Crippen LogP contribution < -0.4 is 33.2 Å². The fourth-order valence-electron chi connectivity index (χ4n) is 3.40. The molecular weight excluding hydrogens is 530 g/mol. The van der Waals surface area contributed by atoms with E-state index >= 15 is 0 Å². The minimum atomic E-state index is -1.62. The summed E-state index contributed by atoms with van der Waals surface area (Å²) < 4.78 is 0. The number of aliphatic carboxylic acids is 2. The number of amides is 3. The van der Waals surface area contributed by atoms with Crippen molar-refractivity contribution >= 4 is 47.4 Å². The fraction of sp³-hybridized carbons (Fsp3) is 0.500. The number of carboxylic acid groups (broad SMARTS) is 2. The molecule has 0 aliphatic rings. The number of rotatable bonds is 18. The molecular formula is C24H37N7O7S. The lowest BCUT2D eigenvalue weighted by atomic mass is 10.0. The molecule has 3 amide bonds. The highest BCUT2D eigenvalue weighted by Gasteiger charge is 2.31. The Labute approximate surface area is 230 Å². The molecule has 39 heavy (non-hydrogen) atoms. The Morgan fingerprint density at radius 2 is 1.49 bits per heavy atom. The number of nitrogens with zero attached hydrogens (tertiary/aromatic N) is 1. The lowest BCUT2D eigenvalue weighted by Crippen LogP contribution is -2.58. The molecule has 4 unspecified atom stereocenters. The maximum atomic E-state index is 13.2. The van der Waals surface area contributed by atoms with Gasteiger partial charge < -0.3 is 43.4 Å². The first kappa shape index (κ1) is 33.2. The number of carbonyl (C=O) groups excluding carboxylic acids is 3. The smallest absolute Gasteiger partial charge is 0.326 e. The number of thioether (sulfide) groups is 1. The number of hydrogen-bond donors (Lipinski definition) is 8. The molecule has 0 bridgehead atoms. The van der Waals surface area contributed by atoms with Crippen LogP contribution in [0, 0.1) is 0 Å². The van der Waals surface area contributed by atoms with Gasteiger partial charge in [0.05, 0.1) is 12.5 Å². The third kappa shape index (κ3) is 13.5. The van der Waals surface area contributed by atoms with Crippen molar-refractivity contribution in [2.45, 2.75) is 56.3 Å². The number of guanidine groups is 1. The van der Waals surface area contributed by atoms with Crippen LogP contribution in [0.5, 0.6) is 0 Å². The zero-order valence-electron chi connectivity index (χ0n) is 21.7. The van der Waals surface area contributed by atoms with E-state index in [2.05, 4.69) is 20.9 Å². The molecule has 0 aromatic heterocycles. The number of carbonyl (C=O) groups is 5. The lowest BCUT2D eigenvalue weighted by molar-refractivity contribution is -0.143. The second kappa shape index (κ2) is 17.6. The van der Waals surface area contributed by atoms with Crippen molar-refractivity contribution in [3.63, 3.8) is 0 Å². The van der Waals surface area contributed by atoms with Gasteiger partial charge in [0.25, 0.3) is 0 Å². The minimum absolute atomic E-state index is 0.0393. The van der Waals surface area contributed by atoms with E-state index in [0.29, 0.717) is 17.7 Å². The maximum Gasteiger partial charge on any atom is 0.326 e. The molecule has 0 fully saturated rings. The normalized spacial score (nSPS) is 13.7. The van der Waals surface area contributed by atoms with Gasteiger partial charge in [0.1, 0.15) is 18.1 Å². The topological polar surface area (TPSA) is 252 Å². The predicted molar refractivity (Wildman–Crippen MR) is 147 cm³/mol. The van der Waals surface area contributed by atoms with Gasteiger partial charge in [0, 0.05) is 13.0 Å². The summed E-state index contributed by atoms with van der Waals surface area (Å²) in [6.45, 7) is 0.122. The fourth-order valence-corrected chi connectivity index (χ4v) is 3.89. The molecule has 0 aliphatic carbocycles. The minimum Gasteiger partial charge on any atom is -0.481 e. The molecule has 0 saturated heterocycles. The van der Waals surface area contributed by atoms with E-state index in [1.54, 1.807) is 30.3 Å². The van der Waals surface area contributed by atoms with Gasteiger partial charge >= 0.3 is 11.9 Å². The Kier molecular flexibility index (Phi) is 15.0.